The van der Waals surface area contributed by atoms with Crippen LogP contribution in [0.1, 0.15) is 40.7 Å². The molecule has 42 heavy (non-hydrogen) atoms. The van der Waals surface area contributed by atoms with Gasteiger partial charge in [0.25, 0.3) is 5.91 Å². The summed E-state index contributed by atoms with van der Waals surface area (Å²) in [6.07, 6.45) is -4.64. The summed E-state index contributed by atoms with van der Waals surface area (Å²) in [4.78, 5) is 28.8. The van der Waals surface area contributed by atoms with Crippen molar-refractivity contribution in [2.75, 3.05) is 26.2 Å². The first-order valence-corrected chi connectivity index (χ1v) is 14.3. The third-order valence-electron chi connectivity index (χ3n) is 8.26. The molecule has 222 valence electrons. The number of likely N-dealkylation sites (tertiary alicyclic amines) is 2. The van der Waals surface area contributed by atoms with Crippen LogP contribution in [-0.4, -0.2) is 60.1 Å². The number of rotatable bonds is 7. The number of carbonyl (C=O) groups is 2. The number of para-hydroxylation sites is 1. The Morgan fingerprint density at radius 2 is 1.52 bits per heavy atom. The smallest absolute Gasteiger partial charge is 0.489 e. The topological polar surface area (TPSA) is 59.1 Å². The molecular formula is C32H32ClF3N2O4. The predicted octanol–water partition coefficient (Wildman–Crippen LogP) is 6.52. The number of hydrogen-bond donors (Lipinski definition) is 0. The maximum absolute atomic E-state index is 13.3. The van der Waals surface area contributed by atoms with Gasteiger partial charge < -0.3 is 14.4 Å². The molecule has 10 heteroatoms. The summed E-state index contributed by atoms with van der Waals surface area (Å²) in [6.45, 7) is 2.30. The van der Waals surface area contributed by atoms with Gasteiger partial charge >= 0.3 is 12.1 Å². The van der Waals surface area contributed by atoms with Gasteiger partial charge in [0.2, 0.25) is 0 Å². The molecule has 0 radical (unpaired) electrons. The minimum atomic E-state index is -5.09. The summed E-state index contributed by atoms with van der Waals surface area (Å²) >= 11 is 5.94. The van der Waals surface area contributed by atoms with Crippen LogP contribution < -0.4 is 4.74 Å². The Bertz CT molecular complexity index is 1380. The number of alkyl halides is 3. The van der Waals surface area contributed by atoms with Crippen molar-refractivity contribution in [3.63, 3.8) is 0 Å². The number of piperidine rings is 2. The molecule has 2 fully saturated rings. The Morgan fingerprint density at radius 1 is 0.881 bits per heavy atom. The molecule has 0 aromatic heterocycles. The lowest BCUT2D eigenvalue weighted by atomic mass is 9.69. The average Bonchev–Trinajstić information content (AvgIpc) is 2.99. The molecule has 5 rings (SSSR count). The number of halogens is 4. The normalized spacial score (nSPS) is 19.0. The van der Waals surface area contributed by atoms with E-state index >= 15 is 0 Å². The van der Waals surface area contributed by atoms with Crippen molar-refractivity contribution in [3.8, 4) is 5.75 Å². The second-order valence-electron chi connectivity index (χ2n) is 10.9. The molecule has 0 saturated carbocycles. The van der Waals surface area contributed by atoms with Crippen LogP contribution in [-0.2, 0) is 22.7 Å². The maximum atomic E-state index is 13.3. The summed E-state index contributed by atoms with van der Waals surface area (Å²) in [6, 6.07) is 23.9. The molecule has 1 amide bonds. The van der Waals surface area contributed by atoms with Crippen molar-refractivity contribution in [2.45, 2.75) is 44.7 Å². The Kier molecular flexibility index (Phi) is 9.08. The zero-order chi connectivity index (χ0) is 29.7. The van der Waals surface area contributed by atoms with E-state index in [9.17, 15) is 22.8 Å². The first kappa shape index (κ1) is 29.9. The molecule has 2 heterocycles. The quantitative estimate of drug-likeness (QED) is 0.289. The first-order valence-electron chi connectivity index (χ1n) is 13.9. The van der Waals surface area contributed by atoms with E-state index in [1.807, 2.05) is 59.5 Å². The Balaban J connectivity index is 1.28. The lowest BCUT2D eigenvalue weighted by Gasteiger charge is -2.51. The fraction of sp³-hybridized carbons (Fsp3) is 0.375. The van der Waals surface area contributed by atoms with Gasteiger partial charge in [-0.15, -0.1) is 0 Å². The van der Waals surface area contributed by atoms with Crippen LogP contribution in [0.25, 0.3) is 0 Å². The van der Waals surface area contributed by atoms with E-state index in [0.717, 1.165) is 11.1 Å². The van der Waals surface area contributed by atoms with Crippen molar-refractivity contribution < 1.29 is 32.2 Å². The van der Waals surface area contributed by atoms with E-state index in [0.29, 0.717) is 68.4 Å². The molecular weight excluding hydrogens is 569 g/mol. The Labute approximate surface area is 248 Å². The summed E-state index contributed by atoms with van der Waals surface area (Å²) in [5, 5.41) is 0.524. The zero-order valence-corrected chi connectivity index (χ0v) is 23.7. The van der Waals surface area contributed by atoms with Crippen molar-refractivity contribution in [3.05, 3.63) is 101 Å². The van der Waals surface area contributed by atoms with E-state index in [2.05, 4.69) is 0 Å². The van der Waals surface area contributed by atoms with Crippen molar-refractivity contribution >= 4 is 23.5 Å². The van der Waals surface area contributed by atoms with E-state index < -0.39 is 23.7 Å². The highest BCUT2D eigenvalue weighted by molar-refractivity contribution is 6.30. The van der Waals surface area contributed by atoms with Crippen LogP contribution in [0, 0.1) is 5.41 Å². The minimum absolute atomic E-state index is 0.153. The molecule has 1 unspecified atom stereocenters. The number of benzene rings is 3. The highest BCUT2D eigenvalue weighted by Crippen LogP contribution is 2.44. The lowest BCUT2D eigenvalue weighted by Crippen LogP contribution is -2.57. The van der Waals surface area contributed by atoms with E-state index in [1.54, 1.807) is 29.2 Å². The van der Waals surface area contributed by atoms with Gasteiger partial charge in [0, 0.05) is 47.7 Å². The van der Waals surface area contributed by atoms with Crippen molar-refractivity contribution in [1.29, 1.82) is 0 Å². The number of nitrogens with zero attached hydrogens (tertiary/aromatic N) is 2. The summed E-state index contributed by atoms with van der Waals surface area (Å²) in [5.74, 6) is -1.64. The number of ether oxygens (including phenoxy) is 2. The molecule has 1 atom stereocenters. The van der Waals surface area contributed by atoms with Crippen LogP contribution in [0.15, 0.2) is 78.9 Å². The lowest BCUT2D eigenvalue weighted by molar-refractivity contribution is -0.216. The molecule has 2 saturated heterocycles. The molecule has 0 aliphatic carbocycles. The Morgan fingerprint density at radius 3 is 2.21 bits per heavy atom. The Hall–Kier alpha value is -3.56. The largest absolute Gasteiger partial charge is 0.490 e. The molecule has 0 bridgehead atoms. The van der Waals surface area contributed by atoms with Crippen molar-refractivity contribution in [1.82, 2.24) is 9.80 Å². The third-order valence-corrected chi connectivity index (χ3v) is 8.51. The van der Waals surface area contributed by atoms with E-state index in [4.69, 9.17) is 21.1 Å². The van der Waals surface area contributed by atoms with Crippen LogP contribution in [0.4, 0.5) is 13.2 Å². The second kappa shape index (κ2) is 12.8. The van der Waals surface area contributed by atoms with Gasteiger partial charge in [-0.2, -0.15) is 13.2 Å². The fourth-order valence-corrected chi connectivity index (χ4v) is 5.94. The SMILES string of the molecule is O=C(c1ccc(Cl)cc1)N1CCC2(CCN(Cc3ccccc3OCc3ccccc3)CC2OC(=O)C(F)(F)F)CC1. The van der Waals surface area contributed by atoms with Gasteiger partial charge in [0.05, 0.1) is 0 Å². The number of amides is 1. The highest BCUT2D eigenvalue weighted by atomic mass is 35.5. The number of hydrogen-bond acceptors (Lipinski definition) is 5. The minimum Gasteiger partial charge on any atom is -0.489 e. The molecule has 2 aliphatic rings. The summed E-state index contributed by atoms with van der Waals surface area (Å²) in [7, 11) is 0. The molecule has 2 aliphatic heterocycles. The third kappa shape index (κ3) is 7.07. The first-order chi connectivity index (χ1) is 20.1. The van der Waals surface area contributed by atoms with Gasteiger partial charge in [-0.3, -0.25) is 9.69 Å². The maximum Gasteiger partial charge on any atom is 0.490 e. The van der Waals surface area contributed by atoms with Crippen LogP contribution >= 0.6 is 11.6 Å². The van der Waals surface area contributed by atoms with Crippen LogP contribution in [0.5, 0.6) is 5.75 Å². The highest BCUT2D eigenvalue weighted by Gasteiger charge is 2.51. The molecule has 3 aromatic carbocycles. The van der Waals surface area contributed by atoms with Gasteiger partial charge in [0.15, 0.2) is 0 Å². The summed E-state index contributed by atoms with van der Waals surface area (Å²) in [5.41, 5.74) is 1.76. The predicted molar refractivity (Wildman–Crippen MR) is 152 cm³/mol. The molecule has 3 aromatic rings. The van der Waals surface area contributed by atoms with E-state index in [-0.39, 0.29) is 12.5 Å². The number of esters is 1. The molecule has 0 N–H and O–H groups in total. The second-order valence-corrected chi connectivity index (χ2v) is 11.4. The summed E-state index contributed by atoms with van der Waals surface area (Å²) < 4.78 is 51.2. The standard InChI is InChI=1S/C32H32ClF3N2O4/c33-26-12-10-24(11-13-26)29(39)38-18-15-31(16-19-38)14-17-37(21-28(31)42-30(40)32(34,35)36)20-25-8-4-5-9-27(25)41-22-23-6-2-1-3-7-23/h1-13,28H,14-22H2. The van der Waals surface area contributed by atoms with Crippen LogP contribution in [0.3, 0.4) is 0 Å². The van der Waals surface area contributed by atoms with Gasteiger partial charge in [0.1, 0.15) is 18.5 Å². The van der Waals surface area contributed by atoms with Crippen molar-refractivity contribution in [2.24, 2.45) is 5.41 Å². The molecule has 6 nitrogen and oxygen atoms in total. The van der Waals surface area contributed by atoms with E-state index in [1.165, 1.54) is 0 Å². The number of carbonyl (C=O) groups excluding carboxylic acids is 2. The monoisotopic (exact) mass is 600 g/mol. The zero-order valence-electron chi connectivity index (χ0n) is 23.0. The van der Waals surface area contributed by atoms with Gasteiger partial charge in [-0.25, -0.2) is 4.79 Å². The van der Waals surface area contributed by atoms with Gasteiger partial charge in [-0.1, -0.05) is 60.1 Å². The van der Waals surface area contributed by atoms with Gasteiger partial charge in [-0.05, 0) is 61.7 Å². The fourth-order valence-electron chi connectivity index (χ4n) is 5.82. The average molecular weight is 601 g/mol. The molecule has 1 spiro atoms. The van der Waals surface area contributed by atoms with Crippen LogP contribution in [0.2, 0.25) is 5.02 Å².